The van der Waals surface area contributed by atoms with Crippen LogP contribution in [0.1, 0.15) is 43.1 Å². The van der Waals surface area contributed by atoms with E-state index in [1.807, 2.05) is 24.3 Å². The second kappa shape index (κ2) is 7.72. The Morgan fingerprint density at radius 2 is 1.82 bits per heavy atom. The molecule has 1 saturated carbocycles. The van der Waals surface area contributed by atoms with Gasteiger partial charge in [-0.25, -0.2) is 0 Å². The smallest absolute Gasteiger partial charge is 0.246 e. The van der Waals surface area contributed by atoms with Crippen LogP contribution >= 0.6 is 0 Å². The van der Waals surface area contributed by atoms with Crippen molar-refractivity contribution in [2.24, 2.45) is 0 Å². The van der Waals surface area contributed by atoms with Crippen LogP contribution in [0.15, 0.2) is 24.3 Å². The number of nitrogens with one attached hydrogen (secondary N) is 1. The number of benzene rings is 1. The number of hydrogen-bond acceptors (Lipinski definition) is 4. The number of rotatable bonds is 6. The first kappa shape index (κ1) is 15.5. The highest BCUT2D eigenvalue weighted by atomic mass is 16.7. The quantitative estimate of drug-likeness (QED) is 0.876. The van der Waals surface area contributed by atoms with Crippen molar-refractivity contribution in [3.8, 4) is 0 Å². The van der Waals surface area contributed by atoms with E-state index < -0.39 is 0 Å². The summed E-state index contributed by atoms with van der Waals surface area (Å²) < 4.78 is 16.5. The van der Waals surface area contributed by atoms with E-state index in [2.05, 4.69) is 5.32 Å². The predicted molar refractivity (Wildman–Crippen MR) is 81.1 cm³/mol. The molecule has 1 amide bonds. The second-order valence-corrected chi connectivity index (χ2v) is 5.81. The zero-order valence-corrected chi connectivity index (χ0v) is 12.8. The maximum atomic E-state index is 11.8. The van der Waals surface area contributed by atoms with Crippen LogP contribution in [0.2, 0.25) is 0 Å². The Morgan fingerprint density at radius 3 is 2.50 bits per heavy atom. The number of amides is 1. The van der Waals surface area contributed by atoms with Gasteiger partial charge in [0.2, 0.25) is 5.91 Å². The fourth-order valence-electron chi connectivity index (χ4n) is 2.84. The number of carbonyl (C=O) groups excluding carboxylic acids is 1. The zero-order chi connectivity index (χ0) is 15.2. The summed E-state index contributed by atoms with van der Waals surface area (Å²) in [6, 6.07) is 7.93. The molecule has 1 aliphatic heterocycles. The zero-order valence-electron chi connectivity index (χ0n) is 12.8. The van der Waals surface area contributed by atoms with Crippen molar-refractivity contribution in [3.63, 3.8) is 0 Å². The van der Waals surface area contributed by atoms with E-state index in [-0.39, 0.29) is 24.9 Å². The molecule has 5 heteroatoms. The molecule has 1 aromatic rings. The van der Waals surface area contributed by atoms with Crippen LogP contribution in [-0.2, 0) is 25.5 Å². The Morgan fingerprint density at radius 1 is 1.14 bits per heavy atom. The highest BCUT2D eigenvalue weighted by Gasteiger charge is 2.18. The van der Waals surface area contributed by atoms with Crippen molar-refractivity contribution in [2.75, 3.05) is 19.8 Å². The van der Waals surface area contributed by atoms with Gasteiger partial charge in [-0.3, -0.25) is 4.79 Å². The van der Waals surface area contributed by atoms with Crippen LogP contribution in [-0.4, -0.2) is 31.8 Å². The Bertz CT molecular complexity index is 476. The Kier molecular flexibility index (Phi) is 5.43. The SMILES string of the molecule is O=C(COC1CCCC1)NCc1ccc(C2OCCO2)cc1. The molecular weight excluding hydrogens is 282 g/mol. The number of ether oxygens (including phenoxy) is 3. The van der Waals surface area contributed by atoms with E-state index >= 15 is 0 Å². The molecule has 5 nitrogen and oxygen atoms in total. The average Bonchev–Trinajstić information content (AvgIpc) is 3.24. The molecule has 0 bridgehead atoms. The van der Waals surface area contributed by atoms with Gasteiger partial charge >= 0.3 is 0 Å². The van der Waals surface area contributed by atoms with Crippen molar-refractivity contribution >= 4 is 5.91 Å². The molecule has 1 heterocycles. The van der Waals surface area contributed by atoms with Gasteiger partial charge in [-0.1, -0.05) is 37.1 Å². The molecular formula is C17H23NO4. The summed E-state index contributed by atoms with van der Waals surface area (Å²) in [6.07, 6.45) is 4.63. The Labute approximate surface area is 130 Å². The van der Waals surface area contributed by atoms with Gasteiger partial charge in [0.05, 0.1) is 19.3 Å². The molecule has 0 radical (unpaired) electrons. The second-order valence-electron chi connectivity index (χ2n) is 5.81. The maximum Gasteiger partial charge on any atom is 0.246 e. The minimum absolute atomic E-state index is 0.0570. The summed E-state index contributed by atoms with van der Waals surface area (Å²) in [7, 11) is 0. The molecule has 1 saturated heterocycles. The van der Waals surface area contributed by atoms with Gasteiger partial charge in [-0.15, -0.1) is 0 Å². The fourth-order valence-corrected chi connectivity index (χ4v) is 2.84. The average molecular weight is 305 g/mol. The van der Waals surface area contributed by atoms with Gasteiger partial charge in [-0.05, 0) is 18.4 Å². The van der Waals surface area contributed by atoms with Crippen molar-refractivity contribution in [1.29, 1.82) is 0 Å². The summed E-state index contributed by atoms with van der Waals surface area (Å²) in [4.78, 5) is 11.8. The third-order valence-corrected chi connectivity index (χ3v) is 4.12. The highest BCUT2D eigenvalue weighted by molar-refractivity contribution is 5.77. The summed E-state index contributed by atoms with van der Waals surface area (Å²) in [5.74, 6) is -0.0570. The van der Waals surface area contributed by atoms with Crippen LogP contribution in [0.5, 0.6) is 0 Å². The third-order valence-electron chi connectivity index (χ3n) is 4.12. The van der Waals surface area contributed by atoms with Crippen molar-refractivity contribution < 1.29 is 19.0 Å². The first-order chi connectivity index (χ1) is 10.8. The number of hydrogen-bond donors (Lipinski definition) is 1. The normalized spacial score (nSPS) is 19.6. The van der Waals surface area contributed by atoms with Gasteiger partial charge in [0.15, 0.2) is 6.29 Å². The van der Waals surface area contributed by atoms with Crippen molar-refractivity contribution in [1.82, 2.24) is 5.32 Å². The monoisotopic (exact) mass is 305 g/mol. The highest BCUT2D eigenvalue weighted by Crippen LogP contribution is 2.23. The van der Waals surface area contributed by atoms with E-state index in [9.17, 15) is 4.79 Å². The van der Waals surface area contributed by atoms with Gasteiger partial charge < -0.3 is 19.5 Å². The Balaban J connectivity index is 1.39. The molecule has 2 aliphatic rings. The first-order valence-corrected chi connectivity index (χ1v) is 8.01. The largest absolute Gasteiger partial charge is 0.368 e. The van der Waals surface area contributed by atoms with Crippen LogP contribution in [0.4, 0.5) is 0 Å². The molecule has 0 atom stereocenters. The van der Waals surface area contributed by atoms with Crippen molar-refractivity contribution in [2.45, 2.75) is 44.6 Å². The summed E-state index contributed by atoms with van der Waals surface area (Å²) in [5.41, 5.74) is 2.06. The topological polar surface area (TPSA) is 56.8 Å². The molecule has 1 N–H and O–H groups in total. The summed E-state index contributed by atoms with van der Waals surface area (Å²) in [6.45, 7) is 1.96. The number of carbonyl (C=O) groups is 1. The van der Waals surface area contributed by atoms with E-state index in [0.717, 1.165) is 24.0 Å². The summed E-state index contributed by atoms with van der Waals surface area (Å²) in [5, 5.41) is 2.89. The molecule has 1 aliphatic carbocycles. The van der Waals surface area contributed by atoms with E-state index in [0.29, 0.717) is 19.8 Å². The first-order valence-electron chi connectivity index (χ1n) is 8.01. The molecule has 0 spiro atoms. The fraction of sp³-hybridized carbons (Fsp3) is 0.588. The molecule has 3 rings (SSSR count). The lowest BCUT2D eigenvalue weighted by Gasteiger charge is -2.12. The van der Waals surface area contributed by atoms with Crippen LogP contribution < -0.4 is 5.32 Å². The molecule has 120 valence electrons. The molecule has 0 aromatic heterocycles. The van der Waals surface area contributed by atoms with E-state index in [4.69, 9.17) is 14.2 Å². The molecule has 1 aromatic carbocycles. The lowest BCUT2D eigenvalue weighted by molar-refractivity contribution is -0.127. The Hall–Kier alpha value is -1.43. The van der Waals surface area contributed by atoms with Crippen molar-refractivity contribution in [3.05, 3.63) is 35.4 Å². The maximum absolute atomic E-state index is 11.8. The van der Waals surface area contributed by atoms with Gasteiger partial charge in [0.1, 0.15) is 6.61 Å². The molecule has 0 unspecified atom stereocenters. The minimum Gasteiger partial charge on any atom is -0.368 e. The van der Waals surface area contributed by atoms with Gasteiger partial charge in [0.25, 0.3) is 0 Å². The lowest BCUT2D eigenvalue weighted by atomic mass is 10.1. The molecule has 22 heavy (non-hydrogen) atoms. The standard InChI is InChI=1S/C17H23NO4/c19-16(12-22-15-3-1-2-4-15)18-11-13-5-7-14(8-6-13)17-20-9-10-21-17/h5-8,15,17H,1-4,9-12H2,(H,18,19). The summed E-state index contributed by atoms with van der Waals surface area (Å²) >= 11 is 0. The predicted octanol–water partition coefficient (Wildman–Crippen LogP) is 2.31. The van der Waals surface area contributed by atoms with Crippen LogP contribution in [0.25, 0.3) is 0 Å². The molecule has 2 fully saturated rings. The van der Waals surface area contributed by atoms with E-state index in [1.165, 1.54) is 12.8 Å². The van der Waals surface area contributed by atoms with Gasteiger partial charge in [0, 0.05) is 12.1 Å². The minimum atomic E-state index is -0.247. The third kappa shape index (κ3) is 4.29. The van der Waals surface area contributed by atoms with Crippen LogP contribution in [0.3, 0.4) is 0 Å². The lowest BCUT2D eigenvalue weighted by Crippen LogP contribution is -2.28. The van der Waals surface area contributed by atoms with Gasteiger partial charge in [-0.2, -0.15) is 0 Å². The van der Waals surface area contributed by atoms with E-state index in [1.54, 1.807) is 0 Å². The van der Waals surface area contributed by atoms with Crippen LogP contribution in [0, 0.1) is 0 Å².